The normalized spacial score (nSPS) is 12.7. The lowest BCUT2D eigenvalue weighted by atomic mass is 10.0. The largest absolute Gasteiger partial charge is 0.346 e. The second-order valence-electron chi connectivity index (χ2n) is 5.74. The van der Waals surface area contributed by atoms with Crippen molar-refractivity contribution in [3.05, 3.63) is 0 Å². The second-order valence-corrected chi connectivity index (χ2v) is 7.03. The van der Waals surface area contributed by atoms with Gasteiger partial charge in [0.05, 0.1) is 0 Å². The molecule has 0 aliphatic rings. The monoisotopic (exact) mass is 290 g/mol. The molecule has 0 aromatic heterocycles. The minimum absolute atomic E-state index is 0.530. The van der Waals surface area contributed by atoms with Crippen LogP contribution in [-0.4, -0.2) is 11.1 Å². The van der Waals surface area contributed by atoms with Crippen molar-refractivity contribution in [3.63, 3.8) is 0 Å². The van der Waals surface area contributed by atoms with Crippen LogP contribution in [0.15, 0.2) is 0 Å². The van der Waals surface area contributed by atoms with Crippen LogP contribution in [0.5, 0.6) is 0 Å². The molecule has 0 radical (unpaired) electrons. The number of unbranched alkanes of at least 4 members (excludes halogenated alkanes) is 13. The summed E-state index contributed by atoms with van der Waals surface area (Å²) < 4.78 is 10.5. The summed E-state index contributed by atoms with van der Waals surface area (Å²) in [5, 5.41) is 0. The number of hydrogen-bond acceptors (Lipinski definition) is 1. The van der Waals surface area contributed by atoms with Crippen molar-refractivity contribution in [1.29, 1.82) is 0 Å². The topological polar surface area (TPSA) is 37.3 Å². The SMILES string of the molecule is CCCCCCCCCCCCCCCC[PH](=O)O. The van der Waals surface area contributed by atoms with Crippen molar-refractivity contribution in [2.75, 3.05) is 6.16 Å². The lowest BCUT2D eigenvalue weighted by molar-refractivity contribution is 0.497. The quantitative estimate of drug-likeness (QED) is 0.299. The second kappa shape index (κ2) is 16.2. The molecular formula is C16H35O2P. The van der Waals surface area contributed by atoms with E-state index in [2.05, 4.69) is 6.92 Å². The van der Waals surface area contributed by atoms with Gasteiger partial charge in [-0.3, -0.25) is 4.57 Å². The molecule has 19 heavy (non-hydrogen) atoms. The first-order valence-corrected chi connectivity index (χ1v) is 10.1. The summed E-state index contributed by atoms with van der Waals surface area (Å²) in [5.41, 5.74) is 0. The van der Waals surface area contributed by atoms with Crippen molar-refractivity contribution in [3.8, 4) is 0 Å². The Bertz CT molecular complexity index is 195. The van der Waals surface area contributed by atoms with Gasteiger partial charge in [0.1, 0.15) is 0 Å². The van der Waals surface area contributed by atoms with E-state index in [1.807, 2.05) is 0 Å². The molecule has 0 heterocycles. The minimum Gasteiger partial charge on any atom is -0.346 e. The lowest BCUT2D eigenvalue weighted by Crippen LogP contribution is -1.84. The fourth-order valence-electron chi connectivity index (χ4n) is 2.47. The molecule has 0 aromatic carbocycles. The summed E-state index contributed by atoms with van der Waals surface area (Å²) in [6, 6.07) is 0. The Morgan fingerprint density at radius 2 is 0.947 bits per heavy atom. The van der Waals surface area contributed by atoms with Gasteiger partial charge in [0.15, 0.2) is 8.03 Å². The highest BCUT2D eigenvalue weighted by Gasteiger charge is 1.95. The zero-order valence-electron chi connectivity index (χ0n) is 13.0. The van der Waals surface area contributed by atoms with Gasteiger partial charge in [-0.1, -0.05) is 90.4 Å². The summed E-state index contributed by atoms with van der Waals surface area (Å²) >= 11 is 0. The van der Waals surface area contributed by atoms with Crippen LogP contribution in [0.3, 0.4) is 0 Å². The minimum atomic E-state index is -2.20. The number of rotatable bonds is 15. The molecule has 0 aliphatic carbocycles. The van der Waals surface area contributed by atoms with Gasteiger partial charge in [-0.25, -0.2) is 0 Å². The predicted molar refractivity (Wildman–Crippen MR) is 86.4 cm³/mol. The lowest BCUT2D eigenvalue weighted by Gasteiger charge is -2.02. The molecule has 1 N–H and O–H groups in total. The molecular weight excluding hydrogens is 255 g/mol. The van der Waals surface area contributed by atoms with Crippen molar-refractivity contribution < 1.29 is 9.46 Å². The molecule has 0 saturated carbocycles. The highest BCUT2D eigenvalue weighted by molar-refractivity contribution is 7.37. The van der Waals surface area contributed by atoms with E-state index < -0.39 is 8.03 Å². The Kier molecular flexibility index (Phi) is 16.4. The Hall–Kier alpha value is 0.190. The third-order valence-electron chi connectivity index (χ3n) is 3.74. The first-order valence-electron chi connectivity index (χ1n) is 8.49. The molecule has 0 saturated heterocycles. The van der Waals surface area contributed by atoms with Gasteiger partial charge >= 0.3 is 0 Å². The van der Waals surface area contributed by atoms with Gasteiger partial charge in [0.25, 0.3) is 0 Å². The summed E-state index contributed by atoms with van der Waals surface area (Å²) in [4.78, 5) is 8.69. The van der Waals surface area contributed by atoms with E-state index in [1.54, 1.807) is 0 Å². The molecule has 2 nitrogen and oxygen atoms in total. The molecule has 1 unspecified atom stereocenters. The molecule has 0 amide bonds. The van der Waals surface area contributed by atoms with Gasteiger partial charge in [0, 0.05) is 6.16 Å². The van der Waals surface area contributed by atoms with E-state index >= 15 is 0 Å². The van der Waals surface area contributed by atoms with E-state index in [4.69, 9.17) is 4.89 Å². The van der Waals surface area contributed by atoms with E-state index in [0.717, 1.165) is 12.8 Å². The highest BCUT2D eigenvalue weighted by Crippen LogP contribution is 2.17. The molecule has 0 spiro atoms. The first kappa shape index (κ1) is 19.2. The Balaban J connectivity index is 2.93. The summed E-state index contributed by atoms with van der Waals surface area (Å²) in [5.74, 6) is 0. The van der Waals surface area contributed by atoms with E-state index in [1.165, 1.54) is 77.0 Å². The third-order valence-corrected chi connectivity index (χ3v) is 4.53. The van der Waals surface area contributed by atoms with E-state index in [0.29, 0.717) is 6.16 Å². The van der Waals surface area contributed by atoms with Crippen molar-refractivity contribution in [2.24, 2.45) is 0 Å². The Morgan fingerprint density at radius 3 is 1.26 bits per heavy atom. The standard InChI is InChI=1S/C16H35O2P/c1-2-3-4-5-6-7-8-9-10-11-12-13-14-15-16-19(17)18/h19H,2-16H2,1H3,(H,17,18). The summed E-state index contributed by atoms with van der Waals surface area (Å²) in [7, 11) is -2.20. The fourth-order valence-corrected chi connectivity index (χ4v) is 3.02. The Morgan fingerprint density at radius 1 is 0.632 bits per heavy atom. The molecule has 0 rings (SSSR count). The van der Waals surface area contributed by atoms with Gasteiger partial charge < -0.3 is 4.89 Å². The van der Waals surface area contributed by atoms with Gasteiger partial charge in [-0.05, 0) is 6.42 Å². The van der Waals surface area contributed by atoms with Crippen LogP contribution in [0.4, 0.5) is 0 Å². The fraction of sp³-hybridized carbons (Fsp3) is 1.00. The van der Waals surface area contributed by atoms with Crippen LogP contribution in [0, 0.1) is 0 Å². The van der Waals surface area contributed by atoms with E-state index in [-0.39, 0.29) is 0 Å². The van der Waals surface area contributed by atoms with Crippen molar-refractivity contribution in [1.82, 2.24) is 0 Å². The van der Waals surface area contributed by atoms with Crippen LogP contribution in [0.2, 0.25) is 0 Å². The predicted octanol–water partition coefficient (Wildman–Crippen LogP) is 5.93. The average molecular weight is 290 g/mol. The van der Waals surface area contributed by atoms with Crippen LogP contribution < -0.4 is 0 Å². The smallest absolute Gasteiger partial charge is 0.189 e. The van der Waals surface area contributed by atoms with Gasteiger partial charge in [-0.2, -0.15) is 0 Å². The number of hydrogen-bond donors (Lipinski definition) is 1. The maximum absolute atomic E-state index is 10.5. The maximum Gasteiger partial charge on any atom is 0.189 e. The molecule has 1 atom stereocenters. The summed E-state index contributed by atoms with van der Waals surface area (Å²) in [6.45, 7) is 2.27. The molecule has 0 aromatic rings. The first-order chi connectivity index (χ1) is 9.27. The van der Waals surface area contributed by atoms with Crippen LogP contribution in [0.25, 0.3) is 0 Å². The zero-order valence-corrected chi connectivity index (χ0v) is 14.0. The van der Waals surface area contributed by atoms with Crippen LogP contribution >= 0.6 is 8.03 Å². The van der Waals surface area contributed by atoms with E-state index in [9.17, 15) is 4.57 Å². The van der Waals surface area contributed by atoms with Gasteiger partial charge in [-0.15, -0.1) is 0 Å². The zero-order chi connectivity index (χ0) is 14.2. The molecule has 3 heteroatoms. The molecule has 0 fully saturated rings. The third kappa shape index (κ3) is 18.2. The van der Waals surface area contributed by atoms with Crippen LogP contribution in [-0.2, 0) is 4.57 Å². The average Bonchev–Trinajstić information content (AvgIpc) is 2.39. The van der Waals surface area contributed by atoms with Crippen molar-refractivity contribution >= 4 is 8.03 Å². The highest BCUT2D eigenvalue weighted by atomic mass is 31.1. The summed E-state index contributed by atoms with van der Waals surface area (Å²) in [6.07, 6.45) is 19.2. The molecule has 0 bridgehead atoms. The Labute approximate surface area is 121 Å². The van der Waals surface area contributed by atoms with Crippen LogP contribution in [0.1, 0.15) is 96.8 Å². The molecule has 0 aliphatic heterocycles. The maximum atomic E-state index is 10.5. The van der Waals surface area contributed by atoms with Crippen molar-refractivity contribution in [2.45, 2.75) is 96.8 Å². The molecule has 116 valence electrons. The van der Waals surface area contributed by atoms with Gasteiger partial charge in [0.2, 0.25) is 0 Å².